The number of rotatable bonds is 6. The highest BCUT2D eigenvalue weighted by molar-refractivity contribution is 6.38. The minimum absolute atomic E-state index is 0.106. The SMILES string of the molecule is CC(C)Oc1cc(C#CC2CC(F)(F)C2)cnc1/C(C=NCC1CCCCO1)=N/N. The van der Waals surface area contributed by atoms with Crippen molar-refractivity contribution in [2.75, 3.05) is 13.2 Å². The molecule has 2 N–H and O–H groups in total. The van der Waals surface area contributed by atoms with E-state index in [0.717, 1.165) is 25.9 Å². The van der Waals surface area contributed by atoms with Crippen LogP contribution in [-0.2, 0) is 4.74 Å². The normalized spacial score (nSPS) is 21.9. The number of hydrogen-bond acceptors (Lipinski definition) is 6. The van der Waals surface area contributed by atoms with E-state index < -0.39 is 5.92 Å². The minimum atomic E-state index is -2.58. The highest BCUT2D eigenvalue weighted by Gasteiger charge is 2.44. The third-order valence-electron chi connectivity index (χ3n) is 4.90. The fourth-order valence-electron chi connectivity index (χ4n) is 3.36. The molecule has 1 aliphatic carbocycles. The smallest absolute Gasteiger partial charge is 0.250 e. The largest absolute Gasteiger partial charge is 0.489 e. The average Bonchev–Trinajstić information content (AvgIpc) is 2.69. The van der Waals surface area contributed by atoms with Crippen molar-refractivity contribution < 1.29 is 18.3 Å². The Morgan fingerprint density at radius 3 is 2.87 bits per heavy atom. The lowest BCUT2D eigenvalue weighted by Crippen LogP contribution is -2.34. The summed E-state index contributed by atoms with van der Waals surface area (Å²) < 4.78 is 37.5. The molecule has 2 aliphatic rings. The molecule has 0 radical (unpaired) electrons. The number of aromatic nitrogens is 1. The standard InChI is InChI=1S/C22H28F2N4O2/c1-15(2)30-20-9-16(6-7-17-10-22(23,24)11-17)12-27-21(20)19(28-25)14-26-13-18-5-3-4-8-29-18/h9,12,14-15,17-18H,3-5,8,10-11,13,25H2,1-2H3/b26-14?,28-19+. The van der Waals surface area contributed by atoms with Crippen LogP contribution >= 0.6 is 0 Å². The number of nitrogens with two attached hydrogens (primary N) is 1. The highest BCUT2D eigenvalue weighted by atomic mass is 19.3. The van der Waals surface area contributed by atoms with Gasteiger partial charge in [0.1, 0.15) is 17.2 Å². The average molecular weight is 418 g/mol. The maximum atomic E-state index is 13.0. The first-order valence-corrected chi connectivity index (χ1v) is 10.3. The summed E-state index contributed by atoms with van der Waals surface area (Å²) >= 11 is 0. The zero-order valence-electron chi connectivity index (χ0n) is 17.4. The molecule has 30 heavy (non-hydrogen) atoms. The van der Waals surface area contributed by atoms with Gasteiger partial charge in [0.25, 0.3) is 5.92 Å². The van der Waals surface area contributed by atoms with Crippen molar-refractivity contribution in [1.29, 1.82) is 0 Å². The molecule has 2 fully saturated rings. The van der Waals surface area contributed by atoms with E-state index in [-0.39, 0.29) is 31.0 Å². The number of halogens is 2. The van der Waals surface area contributed by atoms with Crippen LogP contribution in [0.1, 0.15) is 57.2 Å². The van der Waals surface area contributed by atoms with E-state index in [1.165, 1.54) is 0 Å². The summed E-state index contributed by atoms with van der Waals surface area (Å²) in [5.74, 6) is 8.99. The summed E-state index contributed by atoms with van der Waals surface area (Å²) in [6.45, 7) is 5.10. The fourth-order valence-corrected chi connectivity index (χ4v) is 3.36. The van der Waals surface area contributed by atoms with Gasteiger partial charge in [-0.15, -0.1) is 0 Å². The zero-order chi connectivity index (χ0) is 21.6. The number of pyridine rings is 1. The van der Waals surface area contributed by atoms with E-state index in [1.54, 1.807) is 18.5 Å². The highest BCUT2D eigenvalue weighted by Crippen LogP contribution is 2.41. The Bertz CT molecular complexity index is 844. The first-order valence-electron chi connectivity index (χ1n) is 10.3. The number of alkyl halides is 2. The van der Waals surface area contributed by atoms with Gasteiger partial charge in [-0.25, -0.2) is 13.8 Å². The second kappa shape index (κ2) is 9.98. The van der Waals surface area contributed by atoms with Crippen LogP contribution in [-0.4, -0.2) is 48.2 Å². The molecule has 0 aromatic carbocycles. The second-order valence-electron chi connectivity index (χ2n) is 7.96. The van der Waals surface area contributed by atoms with E-state index in [9.17, 15) is 8.78 Å². The molecular weight excluding hydrogens is 390 g/mol. The molecule has 1 aromatic rings. The van der Waals surface area contributed by atoms with Crippen LogP contribution in [0.4, 0.5) is 8.78 Å². The molecule has 1 aromatic heterocycles. The van der Waals surface area contributed by atoms with Gasteiger partial charge in [0, 0.05) is 37.1 Å². The molecule has 8 heteroatoms. The predicted octanol–water partition coefficient (Wildman–Crippen LogP) is 3.57. The van der Waals surface area contributed by atoms with Gasteiger partial charge in [0.2, 0.25) is 0 Å². The fraction of sp³-hybridized carbons (Fsp3) is 0.591. The summed E-state index contributed by atoms with van der Waals surface area (Å²) in [6, 6.07) is 1.73. The van der Waals surface area contributed by atoms with Gasteiger partial charge in [0.05, 0.1) is 25.0 Å². The van der Waals surface area contributed by atoms with Gasteiger partial charge in [-0.3, -0.25) is 4.99 Å². The quantitative estimate of drug-likeness (QED) is 0.331. The van der Waals surface area contributed by atoms with Crippen LogP contribution in [0.25, 0.3) is 0 Å². The summed E-state index contributed by atoms with van der Waals surface area (Å²) in [6.07, 6.45) is 6.01. The van der Waals surface area contributed by atoms with Crippen LogP contribution in [0.15, 0.2) is 22.4 Å². The first-order chi connectivity index (χ1) is 14.4. The second-order valence-corrected chi connectivity index (χ2v) is 7.96. The predicted molar refractivity (Wildman–Crippen MR) is 112 cm³/mol. The number of aliphatic imine (C=N–C) groups is 1. The van der Waals surface area contributed by atoms with Crippen molar-refractivity contribution in [3.05, 3.63) is 23.5 Å². The molecule has 0 amide bonds. The van der Waals surface area contributed by atoms with E-state index in [4.69, 9.17) is 15.3 Å². The molecule has 1 aliphatic heterocycles. The maximum absolute atomic E-state index is 13.0. The van der Waals surface area contributed by atoms with Crippen LogP contribution < -0.4 is 10.6 Å². The lowest BCUT2D eigenvalue weighted by atomic mass is 9.82. The lowest BCUT2D eigenvalue weighted by molar-refractivity contribution is -0.0936. The summed E-state index contributed by atoms with van der Waals surface area (Å²) in [5.41, 5.74) is 1.44. The van der Waals surface area contributed by atoms with Crippen LogP contribution in [0.5, 0.6) is 5.75 Å². The summed E-state index contributed by atoms with van der Waals surface area (Å²) in [7, 11) is 0. The zero-order valence-corrected chi connectivity index (χ0v) is 17.4. The van der Waals surface area contributed by atoms with Crippen molar-refractivity contribution in [3.8, 4) is 17.6 Å². The van der Waals surface area contributed by atoms with Gasteiger partial charge >= 0.3 is 0 Å². The molecule has 2 heterocycles. The molecule has 1 saturated heterocycles. The Hall–Kier alpha value is -2.53. The van der Waals surface area contributed by atoms with Gasteiger partial charge < -0.3 is 15.3 Å². The molecule has 1 unspecified atom stereocenters. The Kier molecular flexibility index (Phi) is 7.38. The topological polar surface area (TPSA) is 82.1 Å². The van der Waals surface area contributed by atoms with Crippen molar-refractivity contribution in [3.63, 3.8) is 0 Å². The third-order valence-corrected chi connectivity index (χ3v) is 4.90. The number of nitrogens with zero attached hydrogens (tertiary/aromatic N) is 3. The molecule has 6 nitrogen and oxygen atoms in total. The van der Waals surface area contributed by atoms with Crippen molar-refractivity contribution in [1.82, 2.24) is 4.98 Å². The Morgan fingerprint density at radius 2 is 2.23 bits per heavy atom. The van der Waals surface area contributed by atoms with Crippen LogP contribution in [0, 0.1) is 17.8 Å². The summed E-state index contributed by atoms with van der Waals surface area (Å²) in [5, 5.41) is 3.82. The van der Waals surface area contributed by atoms with Gasteiger partial charge in [-0.05, 0) is 39.2 Å². The molecular formula is C22H28F2N4O2. The molecule has 1 saturated carbocycles. The number of ether oxygens (including phenoxy) is 2. The van der Waals surface area contributed by atoms with E-state index in [2.05, 4.69) is 26.9 Å². The Morgan fingerprint density at radius 1 is 1.43 bits per heavy atom. The van der Waals surface area contributed by atoms with Crippen LogP contribution in [0.3, 0.4) is 0 Å². The van der Waals surface area contributed by atoms with Crippen molar-refractivity contribution in [2.24, 2.45) is 21.9 Å². The van der Waals surface area contributed by atoms with Crippen molar-refractivity contribution >= 4 is 11.9 Å². The van der Waals surface area contributed by atoms with Gasteiger partial charge in [0.15, 0.2) is 0 Å². The lowest BCUT2D eigenvalue weighted by Gasteiger charge is -2.31. The first kappa shape index (κ1) is 22.2. The van der Waals surface area contributed by atoms with Gasteiger partial charge in [-0.1, -0.05) is 11.8 Å². The number of hydrazone groups is 1. The van der Waals surface area contributed by atoms with E-state index >= 15 is 0 Å². The Balaban J connectivity index is 1.74. The minimum Gasteiger partial charge on any atom is -0.489 e. The molecule has 0 spiro atoms. The molecule has 3 rings (SSSR count). The molecule has 162 valence electrons. The van der Waals surface area contributed by atoms with Gasteiger partial charge in [-0.2, -0.15) is 5.10 Å². The van der Waals surface area contributed by atoms with E-state index in [1.807, 2.05) is 13.8 Å². The van der Waals surface area contributed by atoms with E-state index in [0.29, 0.717) is 29.3 Å². The maximum Gasteiger partial charge on any atom is 0.250 e. The third kappa shape index (κ3) is 6.23. The molecule has 0 bridgehead atoms. The van der Waals surface area contributed by atoms with Crippen LogP contribution in [0.2, 0.25) is 0 Å². The Labute approximate surface area is 176 Å². The summed E-state index contributed by atoms with van der Waals surface area (Å²) in [4.78, 5) is 8.83. The monoisotopic (exact) mass is 418 g/mol. The molecule has 1 atom stereocenters. The number of hydrogen-bond donors (Lipinski definition) is 1. The van der Waals surface area contributed by atoms with Crippen molar-refractivity contribution in [2.45, 2.75) is 64.1 Å².